The number of nitrogens with two attached hydrogens (primary N) is 1. The Labute approximate surface area is 111 Å². The lowest BCUT2D eigenvalue weighted by Gasteiger charge is -2.01. The van der Waals surface area contributed by atoms with Crippen LogP contribution in [0.15, 0.2) is 29.4 Å². The van der Waals surface area contributed by atoms with Crippen molar-refractivity contribution in [3.8, 4) is 0 Å². The van der Waals surface area contributed by atoms with Crippen molar-refractivity contribution in [3.05, 3.63) is 35.4 Å². The number of oxime groups is 1. The Kier molecular flexibility index (Phi) is 6.08. The van der Waals surface area contributed by atoms with Crippen LogP contribution >= 0.6 is 0 Å². The number of nitrogens with one attached hydrogen (secondary N) is 1. The minimum Gasteiger partial charge on any atom is -0.396 e. The molecule has 0 spiro atoms. The molecule has 1 rings (SSSR count). The minimum absolute atomic E-state index is 0.0355. The Morgan fingerprint density at radius 3 is 2.84 bits per heavy atom. The summed E-state index contributed by atoms with van der Waals surface area (Å²) in [5.41, 5.74) is 6.22. The van der Waals surface area contributed by atoms with Crippen LogP contribution in [0.3, 0.4) is 0 Å². The first-order chi connectivity index (χ1) is 9.15. The van der Waals surface area contributed by atoms with Crippen LogP contribution in [-0.2, 0) is 9.63 Å². The number of hydrogen-bond donors (Lipinski definition) is 2. The molecule has 0 fully saturated rings. The summed E-state index contributed by atoms with van der Waals surface area (Å²) in [5.74, 6) is -0.548. The molecule has 0 heterocycles. The highest BCUT2D eigenvalue weighted by molar-refractivity contribution is 6.01. The molecule has 0 atom stereocenters. The van der Waals surface area contributed by atoms with E-state index in [1.54, 1.807) is 31.3 Å². The molecule has 0 aliphatic heterocycles. The van der Waals surface area contributed by atoms with E-state index in [2.05, 4.69) is 10.5 Å². The largest absolute Gasteiger partial charge is 0.396 e. The lowest BCUT2D eigenvalue weighted by Crippen LogP contribution is -2.17. The van der Waals surface area contributed by atoms with Gasteiger partial charge in [-0.2, -0.15) is 0 Å². The predicted molar refractivity (Wildman–Crippen MR) is 71.8 cm³/mol. The third-order valence-electron chi connectivity index (χ3n) is 2.41. The fraction of sp³-hybridized carbons (Fsp3) is 0.308. The Balaban J connectivity index is 2.41. The highest BCUT2D eigenvalue weighted by Crippen LogP contribution is 2.05. The zero-order valence-electron chi connectivity index (χ0n) is 10.8. The van der Waals surface area contributed by atoms with Gasteiger partial charge in [-0.15, -0.1) is 0 Å². The third-order valence-corrected chi connectivity index (χ3v) is 2.41. The van der Waals surface area contributed by atoms with E-state index in [0.717, 1.165) is 0 Å². The molecule has 0 radical (unpaired) electrons. The van der Waals surface area contributed by atoms with E-state index >= 15 is 0 Å². The molecule has 0 aromatic heterocycles. The number of nitrogens with zero attached hydrogens (tertiary/aromatic N) is 1. The maximum atomic E-state index is 11.1. The number of primary amides is 1. The molecule has 102 valence electrons. The lowest BCUT2D eigenvalue weighted by atomic mass is 10.1. The van der Waals surface area contributed by atoms with Crippen LogP contribution in [0.5, 0.6) is 0 Å². The summed E-state index contributed by atoms with van der Waals surface area (Å²) in [5, 5.41) is 6.26. The van der Waals surface area contributed by atoms with Crippen molar-refractivity contribution in [2.45, 2.75) is 12.8 Å². The number of hydrogen-bond acceptors (Lipinski definition) is 4. The topological polar surface area (TPSA) is 93.8 Å². The molecule has 0 bridgehead atoms. The summed E-state index contributed by atoms with van der Waals surface area (Å²) in [6.45, 7) is 0.336. The number of benzene rings is 1. The Morgan fingerprint density at radius 2 is 2.16 bits per heavy atom. The van der Waals surface area contributed by atoms with Crippen molar-refractivity contribution >= 4 is 18.0 Å². The summed E-state index contributed by atoms with van der Waals surface area (Å²) in [6.07, 6.45) is 2.40. The fourth-order valence-electron chi connectivity index (χ4n) is 1.40. The maximum Gasteiger partial charge on any atom is 0.249 e. The van der Waals surface area contributed by atoms with E-state index in [-0.39, 0.29) is 5.91 Å². The van der Waals surface area contributed by atoms with Crippen LogP contribution in [0.2, 0.25) is 0 Å². The number of amides is 2. The molecule has 1 aromatic carbocycles. The summed E-state index contributed by atoms with van der Waals surface area (Å²) in [6, 6.07) is 6.84. The fourth-order valence-corrected chi connectivity index (χ4v) is 1.40. The maximum absolute atomic E-state index is 11.1. The Bertz CT molecular complexity index is 472. The van der Waals surface area contributed by atoms with Crippen LogP contribution in [0, 0.1) is 0 Å². The van der Waals surface area contributed by atoms with Gasteiger partial charge in [-0.05, 0) is 12.5 Å². The van der Waals surface area contributed by atoms with Crippen molar-refractivity contribution in [2.75, 3.05) is 13.7 Å². The highest BCUT2D eigenvalue weighted by Gasteiger charge is 2.04. The SMILES string of the molecule is CNC(=O)CCCON=Cc1ccccc1C(N)=O. The molecule has 2 amide bonds. The van der Waals surface area contributed by atoms with Gasteiger partial charge in [0, 0.05) is 24.6 Å². The van der Waals surface area contributed by atoms with Crippen molar-refractivity contribution in [3.63, 3.8) is 0 Å². The zero-order chi connectivity index (χ0) is 14.1. The first kappa shape index (κ1) is 14.7. The average Bonchev–Trinajstić information content (AvgIpc) is 2.42. The Morgan fingerprint density at radius 1 is 1.42 bits per heavy atom. The van der Waals surface area contributed by atoms with Gasteiger partial charge in [0.15, 0.2) is 0 Å². The molecule has 0 aliphatic carbocycles. The van der Waals surface area contributed by atoms with Gasteiger partial charge in [-0.3, -0.25) is 9.59 Å². The standard InChI is InChI=1S/C13H17N3O3/c1-15-12(17)7-4-8-19-16-9-10-5-2-3-6-11(10)13(14)18/h2-3,5-6,9H,4,7-8H2,1H3,(H2,14,18)(H,15,17). The van der Waals surface area contributed by atoms with Crippen LogP contribution in [0.25, 0.3) is 0 Å². The van der Waals surface area contributed by atoms with Gasteiger partial charge >= 0.3 is 0 Å². The summed E-state index contributed by atoms with van der Waals surface area (Å²) in [4.78, 5) is 27.1. The minimum atomic E-state index is -0.512. The molecule has 6 heteroatoms. The van der Waals surface area contributed by atoms with E-state index in [1.165, 1.54) is 6.21 Å². The van der Waals surface area contributed by atoms with E-state index in [4.69, 9.17) is 10.6 Å². The van der Waals surface area contributed by atoms with Gasteiger partial charge < -0.3 is 15.9 Å². The van der Waals surface area contributed by atoms with Gasteiger partial charge in [0.2, 0.25) is 11.8 Å². The normalized spacial score (nSPS) is 10.4. The van der Waals surface area contributed by atoms with Crippen LogP contribution < -0.4 is 11.1 Å². The summed E-state index contributed by atoms with van der Waals surface area (Å²) < 4.78 is 0. The molecule has 19 heavy (non-hydrogen) atoms. The van der Waals surface area contributed by atoms with Gasteiger partial charge in [0.25, 0.3) is 0 Å². The quantitative estimate of drug-likeness (QED) is 0.430. The number of carbonyl (C=O) groups excluding carboxylic acids is 2. The van der Waals surface area contributed by atoms with Crippen LogP contribution in [-0.4, -0.2) is 31.7 Å². The first-order valence-electron chi connectivity index (χ1n) is 5.90. The number of carbonyl (C=O) groups is 2. The molecular formula is C13H17N3O3. The molecule has 0 aliphatic rings. The third kappa shape index (κ3) is 5.20. The average molecular weight is 263 g/mol. The van der Waals surface area contributed by atoms with Crippen molar-refractivity contribution in [1.82, 2.24) is 5.32 Å². The van der Waals surface area contributed by atoms with E-state index in [0.29, 0.717) is 30.6 Å². The van der Waals surface area contributed by atoms with E-state index in [9.17, 15) is 9.59 Å². The second-order valence-corrected chi connectivity index (χ2v) is 3.80. The highest BCUT2D eigenvalue weighted by atomic mass is 16.6. The molecule has 3 N–H and O–H groups in total. The van der Waals surface area contributed by atoms with Crippen molar-refractivity contribution in [2.24, 2.45) is 10.9 Å². The van der Waals surface area contributed by atoms with E-state index in [1.807, 2.05) is 0 Å². The summed E-state index contributed by atoms with van der Waals surface area (Å²) in [7, 11) is 1.59. The van der Waals surface area contributed by atoms with Gasteiger partial charge in [0.1, 0.15) is 6.61 Å². The molecular weight excluding hydrogens is 246 g/mol. The van der Waals surface area contributed by atoms with Gasteiger partial charge in [0.05, 0.1) is 6.21 Å². The number of rotatable bonds is 7. The lowest BCUT2D eigenvalue weighted by molar-refractivity contribution is -0.120. The van der Waals surface area contributed by atoms with Crippen LogP contribution in [0.1, 0.15) is 28.8 Å². The molecule has 0 unspecified atom stereocenters. The zero-order valence-corrected chi connectivity index (χ0v) is 10.8. The van der Waals surface area contributed by atoms with Gasteiger partial charge in [-0.1, -0.05) is 23.4 Å². The molecule has 1 aromatic rings. The van der Waals surface area contributed by atoms with Crippen LogP contribution in [0.4, 0.5) is 0 Å². The molecule has 0 saturated heterocycles. The molecule has 6 nitrogen and oxygen atoms in total. The Hall–Kier alpha value is -2.37. The summed E-state index contributed by atoms with van der Waals surface area (Å²) >= 11 is 0. The van der Waals surface area contributed by atoms with E-state index < -0.39 is 5.91 Å². The van der Waals surface area contributed by atoms with Gasteiger partial charge in [-0.25, -0.2) is 0 Å². The molecule has 0 saturated carbocycles. The second-order valence-electron chi connectivity index (χ2n) is 3.80. The van der Waals surface area contributed by atoms with Crippen molar-refractivity contribution < 1.29 is 14.4 Å². The first-order valence-corrected chi connectivity index (χ1v) is 5.90. The second kappa shape index (κ2) is 7.86. The van der Waals surface area contributed by atoms with Crippen molar-refractivity contribution in [1.29, 1.82) is 0 Å². The smallest absolute Gasteiger partial charge is 0.249 e. The monoisotopic (exact) mass is 263 g/mol. The predicted octanol–water partition coefficient (Wildman–Crippen LogP) is 0.662.